The molecule has 2 N–H and O–H groups in total. The van der Waals surface area contributed by atoms with E-state index in [-0.39, 0.29) is 18.4 Å². The van der Waals surface area contributed by atoms with E-state index in [1.807, 2.05) is 9.80 Å². The number of hydrogen-bond acceptors (Lipinski definition) is 4. The number of nitrogens with zero attached hydrogens (tertiary/aromatic N) is 2. The second kappa shape index (κ2) is 6.34. The number of rotatable bonds is 3. The van der Waals surface area contributed by atoms with E-state index in [0.29, 0.717) is 19.0 Å². The Bertz CT molecular complexity index is 348. The van der Waals surface area contributed by atoms with Gasteiger partial charge in [-0.2, -0.15) is 0 Å². The van der Waals surface area contributed by atoms with Gasteiger partial charge in [-0.25, -0.2) is 0 Å². The second-order valence-corrected chi connectivity index (χ2v) is 5.59. The molecular weight excluding hydrogens is 246 g/mol. The predicted octanol–water partition coefficient (Wildman–Crippen LogP) is -0.539. The summed E-state index contributed by atoms with van der Waals surface area (Å²) in [6.45, 7) is 6.68. The van der Waals surface area contributed by atoms with Crippen LogP contribution in [-0.2, 0) is 9.59 Å². The standard InChI is InChI=1S/C13H23N3O3/c1-10-7-14-8-11(10)13(19)16-4-2-3-15(5-6-16)9-12(17)18/h10-11,14H,2-9H2,1H3,(H,17,18). The SMILES string of the molecule is CC1CNCC1C(=O)N1CCCN(CC(=O)O)CC1. The molecule has 2 saturated heterocycles. The molecule has 2 heterocycles. The van der Waals surface area contributed by atoms with Gasteiger partial charge in [0.05, 0.1) is 12.5 Å². The van der Waals surface area contributed by atoms with Crippen LogP contribution in [0.4, 0.5) is 0 Å². The fraction of sp³-hybridized carbons (Fsp3) is 0.846. The summed E-state index contributed by atoms with van der Waals surface area (Å²) in [6, 6.07) is 0. The zero-order valence-corrected chi connectivity index (χ0v) is 11.5. The Morgan fingerprint density at radius 1 is 1.21 bits per heavy atom. The molecule has 0 radical (unpaired) electrons. The van der Waals surface area contributed by atoms with Crippen LogP contribution in [0, 0.1) is 11.8 Å². The number of carbonyl (C=O) groups excluding carboxylic acids is 1. The average molecular weight is 269 g/mol. The molecule has 108 valence electrons. The van der Waals surface area contributed by atoms with Gasteiger partial charge in [-0.1, -0.05) is 6.92 Å². The summed E-state index contributed by atoms with van der Waals surface area (Å²) in [5.74, 6) is -0.0834. The van der Waals surface area contributed by atoms with E-state index in [9.17, 15) is 9.59 Å². The maximum atomic E-state index is 12.4. The number of hydrogen-bond donors (Lipinski definition) is 2. The van der Waals surface area contributed by atoms with Crippen molar-refractivity contribution >= 4 is 11.9 Å². The largest absolute Gasteiger partial charge is 0.480 e. The average Bonchev–Trinajstić information content (AvgIpc) is 2.64. The van der Waals surface area contributed by atoms with E-state index in [0.717, 1.165) is 32.6 Å². The van der Waals surface area contributed by atoms with E-state index >= 15 is 0 Å². The molecule has 6 nitrogen and oxygen atoms in total. The van der Waals surface area contributed by atoms with Crippen molar-refractivity contribution in [1.82, 2.24) is 15.1 Å². The van der Waals surface area contributed by atoms with Gasteiger partial charge < -0.3 is 15.3 Å². The van der Waals surface area contributed by atoms with Crippen molar-refractivity contribution < 1.29 is 14.7 Å². The highest BCUT2D eigenvalue weighted by Gasteiger charge is 2.33. The summed E-state index contributed by atoms with van der Waals surface area (Å²) in [5.41, 5.74) is 0. The van der Waals surface area contributed by atoms with Gasteiger partial charge in [0.2, 0.25) is 5.91 Å². The van der Waals surface area contributed by atoms with Crippen LogP contribution in [0.5, 0.6) is 0 Å². The quantitative estimate of drug-likeness (QED) is 0.720. The van der Waals surface area contributed by atoms with Crippen LogP contribution in [0.25, 0.3) is 0 Å². The number of aliphatic carboxylic acids is 1. The number of carbonyl (C=O) groups is 2. The summed E-state index contributed by atoms with van der Waals surface area (Å²) in [7, 11) is 0. The Hall–Kier alpha value is -1.14. The van der Waals surface area contributed by atoms with E-state index in [4.69, 9.17) is 5.11 Å². The van der Waals surface area contributed by atoms with Crippen molar-refractivity contribution in [3.8, 4) is 0 Å². The zero-order chi connectivity index (χ0) is 13.8. The molecule has 19 heavy (non-hydrogen) atoms. The van der Waals surface area contributed by atoms with Crippen molar-refractivity contribution in [2.24, 2.45) is 11.8 Å². The minimum atomic E-state index is -0.798. The Morgan fingerprint density at radius 3 is 2.63 bits per heavy atom. The van der Waals surface area contributed by atoms with Gasteiger partial charge >= 0.3 is 5.97 Å². The minimum absolute atomic E-state index is 0.0728. The molecule has 0 aliphatic carbocycles. The third-order valence-corrected chi connectivity index (χ3v) is 4.09. The number of carboxylic acid groups (broad SMARTS) is 1. The molecule has 0 aromatic rings. The fourth-order valence-electron chi connectivity index (χ4n) is 2.92. The van der Waals surface area contributed by atoms with Gasteiger partial charge in [0.15, 0.2) is 0 Å². The Kier molecular flexibility index (Phi) is 4.76. The predicted molar refractivity (Wildman–Crippen MR) is 70.8 cm³/mol. The Labute approximate surface area is 113 Å². The minimum Gasteiger partial charge on any atom is -0.480 e. The maximum absolute atomic E-state index is 12.4. The second-order valence-electron chi connectivity index (χ2n) is 5.59. The summed E-state index contributed by atoms with van der Waals surface area (Å²) in [6.07, 6.45) is 0.855. The van der Waals surface area contributed by atoms with Crippen LogP contribution in [0.15, 0.2) is 0 Å². The van der Waals surface area contributed by atoms with Crippen molar-refractivity contribution in [3.05, 3.63) is 0 Å². The lowest BCUT2D eigenvalue weighted by Crippen LogP contribution is -2.41. The fourth-order valence-corrected chi connectivity index (χ4v) is 2.92. The third-order valence-electron chi connectivity index (χ3n) is 4.09. The van der Waals surface area contributed by atoms with E-state index in [1.165, 1.54) is 0 Å². The molecule has 2 aliphatic heterocycles. The molecule has 0 bridgehead atoms. The van der Waals surface area contributed by atoms with Crippen molar-refractivity contribution in [2.75, 3.05) is 45.8 Å². The van der Waals surface area contributed by atoms with Crippen molar-refractivity contribution in [2.45, 2.75) is 13.3 Å². The first kappa shape index (κ1) is 14.3. The molecule has 1 amide bonds. The highest BCUT2D eigenvalue weighted by atomic mass is 16.4. The first-order chi connectivity index (χ1) is 9.08. The maximum Gasteiger partial charge on any atom is 0.317 e. The first-order valence-electron chi connectivity index (χ1n) is 7.01. The molecule has 2 unspecified atom stereocenters. The van der Waals surface area contributed by atoms with Gasteiger partial charge in [0, 0.05) is 32.7 Å². The van der Waals surface area contributed by atoms with Gasteiger partial charge in [0.25, 0.3) is 0 Å². The van der Waals surface area contributed by atoms with Crippen LogP contribution < -0.4 is 5.32 Å². The highest BCUT2D eigenvalue weighted by Crippen LogP contribution is 2.19. The molecule has 0 aromatic carbocycles. The molecule has 0 saturated carbocycles. The molecule has 2 fully saturated rings. The summed E-state index contributed by atoms with van der Waals surface area (Å²) < 4.78 is 0. The summed E-state index contributed by atoms with van der Waals surface area (Å²) >= 11 is 0. The summed E-state index contributed by atoms with van der Waals surface area (Å²) in [4.78, 5) is 27.0. The van der Waals surface area contributed by atoms with Gasteiger partial charge in [-0.3, -0.25) is 14.5 Å². The monoisotopic (exact) mass is 269 g/mol. The van der Waals surface area contributed by atoms with E-state index in [1.54, 1.807) is 0 Å². The van der Waals surface area contributed by atoms with E-state index < -0.39 is 5.97 Å². The molecule has 2 rings (SSSR count). The van der Waals surface area contributed by atoms with Gasteiger partial charge in [-0.05, 0) is 18.9 Å². The zero-order valence-electron chi connectivity index (χ0n) is 11.5. The first-order valence-corrected chi connectivity index (χ1v) is 7.01. The molecule has 6 heteroatoms. The number of carboxylic acids is 1. The molecular formula is C13H23N3O3. The normalized spacial score (nSPS) is 29.2. The van der Waals surface area contributed by atoms with Crippen LogP contribution >= 0.6 is 0 Å². The number of amides is 1. The molecule has 0 spiro atoms. The third kappa shape index (κ3) is 3.67. The summed E-state index contributed by atoms with van der Waals surface area (Å²) in [5, 5.41) is 12.1. The van der Waals surface area contributed by atoms with Crippen LogP contribution in [0.3, 0.4) is 0 Å². The van der Waals surface area contributed by atoms with Gasteiger partial charge in [0.1, 0.15) is 0 Å². The lowest BCUT2D eigenvalue weighted by atomic mass is 9.96. The smallest absolute Gasteiger partial charge is 0.317 e. The topological polar surface area (TPSA) is 72.9 Å². The van der Waals surface area contributed by atoms with E-state index in [2.05, 4.69) is 12.2 Å². The Balaban J connectivity index is 1.88. The lowest BCUT2D eigenvalue weighted by molar-refractivity contribution is -0.138. The lowest BCUT2D eigenvalue weighted by Gasteiger charge is -2.25. The molecule has 2 atom stereocenters. The van der Waals surface area contributed by atoms with Crippen LogP contribution in [0.2, 0.25) is 0 Å². The molecule has 2 aliphatic rings. The van der Waals surface area contributed by atoms with Crippen LogP contribution in [-0.4, -0.2) is 72.6 Å². The van der Waals surface area contributed by atoms with Crippen molar-refractivity contribution in [3.63, 3.8) is 0 Å². The van der Waals surface area contributed by atoms with Crippen molar-refractivity contribution in [1.29, 1.82) is 0 Å². The number of nitrogens with one attached hydrogen (secondary N) is 1. The van der Waals surface area contributed by atoms with Gasteiger partial charge in [-0.15, -0.1) is 0 Å². The Morgan fingerprint density at radius 2 is 2.00 bits per heavy atom. The molecule has 0 aromatic heterocycles. The van der Waals surface area contributed by atoms with Crippen LogP contribution in [0.1, 0.15) is 13.3 Å². The highest BCUT2D eigenvalue weighted by molar-refractivity contribution is 5.79.